The molecule has 0 N–H and O–H groups in total. The molecule has 0 aliphatic heterocycles. The van der Waals surface area contributed by atoms with Gasteiger partial charge in [-0.15, -0.1) is 11.3 Å². The molecule has 0 radical (unpaired) electrons. The van der Waals surface area contributed by atoms with Crippen molar-refractivity contribution in [3.63, 3.8) is 0 Å². The van der Waals surface area contributed by atoms with Gasteiger partial charge >= 0.3 is 0 Å². The summed E-state index contributed by atoms with van der Waals surface area (Å²) in [5.41, 5.74) is 0. The summed E-state index contributed by atoms with van der Waals surface area (Å²) in [6.07, 6.45) is 1.08. The molecule has 18 heavy (non-hydrogen) atoms. The number of rotatable bonds is 5. The largest absolute Gasteiger partial charge is 0.497 e. The van der Waals surface area contributed by atoms with Crippen LogP contribution in [0.3, 0.4) is 0 Å². The van der Waals surface area contributed by atoms with Crippen LogP contribution in [0.15, 0.2) is 34.8 Å². The molecular formula is C14H15BrO2S. The minimum atomic E-state index is 0.607. The van der Waals surface area contributed by atoms with Gasteiger partial charge in [0.2, 0.25) is 0 Å². The van der Waals surface area contributed by atoms with Crippen molar-refractivity contribution in [3.8, 4) is 11.5 Å². The summed E-state index contributed by atoms with van der Waals surface area (Å²) in [6, 6.07) is 10.00. The third kappa shape index (κ3) is 3.27. The van der Waals surface area contributed by atoms with E-state index in [1.54, 1.807) is 18.4 Å². The number of thiophene rings is 1. The van der Waals surface area contributed by atoms with Gasteiger partial charge < -0.3 is 9.47 Å². The summed E-state index contributed by atoms with van der Waals surface area (Å²) in [5, 5.41) is 0. The van der Waals surface area contributed by atoms with E-state index in [-0.39, 0.29) is 0 Å². The highest BCUT2D eigenvalue weighted by molar-refractivity contribution is 9.10. The first-order chi connectivity index (χ1) is 8.72. The van der Waals surface area contributed by atoms with Crippen molar-refractivity contribution >= 4 is 27.3 Å². The Hall–Kier alpha value is -1.000. The third-order valence-corrected chi connectivity index (χ3v) is 4.40. The molecule has 0 aliphatic rings. The molecular weight excluding hydrogens is 312 g/mol. The van der Waals surface area contributed by atoms with Gasteiger partial charge in [0, 0.05) is 9.75 Å². The second-order valence-corrected chi connectivity index (χ2v) is 5.91. The average molecular weight is 327 g/mol. The van der Waals surface area contributed by atoms with Crippen LogP contribution >= 0.6 is 27.3 Å². The van der Waals surface area contributed by atoms with Gasteiger partial charge in [0.05, 0.1) is 11.6 Å². The zero-order valence-corrected chi connectivity index (χ0v) is 12.8. The molecule has 2 rings (SSSR count). The molecule has 96 valence electrons. The first kappa shape index (κ1) is 13.4. The molecule has 0 aliphatic carbocycles. The van der Waals surface area contributed by atoms with E-state index in [4.69, 9.17) is 9.47 Å². The normalized spacial score (nSPS) is 10.4. The van der Waals surface area contributed by atoms with Crippen molar-refractivity contribution in [1.82, 2.24) is 0 Å². The zero-order valence-electron chi connectivity index (χ0n) is 10.4. The van der Waals surface area contributed by atoms with Gasteiger partial charge in [-0.25, -0.2) is 0 Å². The maximum atomic E-state index is 5.79. The topological polar surface area (TPSA) is 18.5 Å². The van der Waals surface area contributed by atoms with Crippen LogP contribution in [0, 0.1) is 0 Å². The molecule has 0 fully saturated rings. The van der Waals surface area contributed by atoms with E-state index < -0.39 is 0 Å². The van der Waals surface area contributed by atoms with E-state index in [1.165, 1.54) is 9.75 Å². The number of ether oxygens (including phenoxy) is 2. The van der Waals surface area contributed by atoms with E-state index in [2.05, 4.69) is 35.0 Å². The fourth-order valence-electron chi connectivity index (χ4n) is 1.56. The fraction of sp³-hybridized carbons (Fsp3) is 0.286. The van der Waals surface area contributed by atoms with E-state index in [1.807, 2.05) is 18.2 Å². The SMILES string of the molecule is CCc1ccc(COc2ccc(OC)cc2Br)s1. The van der Waals surface area contributed by atoms with E-state index in [0.717, 1.165) is 22.4 Å². The van der Waals surface area contributed by atoms with Crippen molar-refractivity contribution in [2.75, 3.05) is 7.11 Å². The Morgan fingerprint density at radius 1 is 1.17 bits per heavy atom. The Balaban J connectivity index is 2.01. The lowest BCUT2D eigenvalue weighted by Gasteiger charge is -2.08. The maximum absolute atomic E-state index is 5.79. The molecule has 2 nitrogen and oxygen atoms in total. The molecule has 0 bridgehead atoms. The number of benzene rings is 1. The summed E-state index contributed by atoms with van der Waals surface area (Å²) in [5.74, 6) is 1.65. The van der Waals surface area contributed by atoms with Gasteiger partial charge in [0.15, 0.2) is 0 Å². The zero-order chi connectivity index (χ0) is 13.0. The summed E-state index contributed by atoms with van der Waals surface area (Å²) < 4.78 is 11.8. The Morgan fingerprint density at radius 2 is 1.94 bits per heavy atom. The van der Waals surface area contributed by atoms with Crippen LogP contribution in [0.1, 0.15) is 16.7 Å². The van der Waals surface area contributed by atoms with Crippen LogP contribution in [-0.4, -0.2) is 7.11 Å². The van der Waals surface area contributed by atoms with Crippen LogP contribution in [0.4, 0.5) is 0 Å². The highest BCUT2D eigenvalue weighted by Gasteiger charge is 2.04. The second-order valence-electron chi connectivity index (χ2n) is 3.81. The monoisotopic (exact) mass is 326 g/mol. The standard InChI is InChI=1S/C14H15BrO2S/c1-3-11-5-6-12(18-11)9-17-14-7-4-10(16-2)8-13(14)15/h4-8H,3,9H2,1-2H3. The highest BCUT2D eigenvalue weighted by Crippen LogP contribution is 2.30. The molecule has 4 heteroatoms. The molecule has 0 spiro atoms. The number of halogens is 1. The number of aryl methyl sites for hydroxylation is 1. The Morgan fingerprint density at radius 3 is 2.56 bits per heavy atom. The minimum absolute atomic E-state index is 0.607. The molecule has 1 aromatic carbocycles. The number of methoxy groups -OCH3 is 1. The quantitative estimate of drug-likeness (QED) is 0.795. The minimum Gasteiger partial charge on any atom is -0.497 e. The van der Waals surface area contributed by atoms with Gasteiger partial charge in [-0.3, -0.25) is 0 Å². The van der Waals surface area contributed by atoms with Crippen molar-refractivity contribution in [3.05, 3.63) is 44.6 Å². The first-order valence-corrected chi connectivity index (χ1v) is 7.37. The van der Waals surface area contributed by atoms with E-state index >= 15 is 0 Å². The molecule has 0 saturated carbocycles. The van der Waals surface area contributed by atoms with Gasteiger partial charge in [-0.05, 0) is 52.7 Å². The Bertz CT molecular complexity index is 522. The van der Waals surface area contributed by atoms with Crippen molar-refractivity contribution in [1.29, 1.82) is 0 Å². The molecule has 0 unspecified atom stereocenters. The molecule has 2 aromatic rings. The van der Waals surface area contributed by atoms with Gasteiger partial charge in [-0.1, -0.05) is 6.92 Å². The van der Waals surface area contributed by atoms with Gasteiger partial charge in [0.1, 0.15) is 18.1 Å². The van der Waals surface area contributed by atoms with Crippen LogP contribution in [-0.2, 0) is 13.0 Å². The lowest BCUT2D eigenvalue weighted by Crippen LogP contribution is -1.94. The maximum Gasteiger partial charge on any atom is 0.134 e. The predicted molar refractivity (Wildman–Crippen MR) is 78.7 cm³/mol. The fourth-order valence-corrected chi connectivity index (χ4v) is 2.91. The molecule has 1 aromatic heterocycles. The molecule has 0 amide bonds. The molecule has 0 saturated heterocycles. The predicted octanol–water partition coefficient (Wildman–Crippen LogP) is 4.66. The molecule has 0 atom stereocenters. The summed E-state index contributed by atoms with van der Waals surface area (Å²) in [6.45, 7) is 2.77. The second kappa shape index (κ2) is 6.25. The van der Waals surface area contributed by atoms with Crippen LogP contribution in [0.5, 0.6) is 11.5 Å². The lowest BCUT2D eigenvalue weighted by atomic mass is 10.3. The number of hydrogen-bond acceptors (Lipinski definition) is 3. The Kier molecular flexibility index (Phi) is 4.66. The average Bonchev–Trinajstić information content (AvgIpc) is 2.85. The van der Waals surface area contributed by atoms with E-state index in [0.29, 0.717) is 6.61 Å². The smallest absolute Gasteiger partial charge is 0.134 e. The molecule has 1 heterocycles. The van der Waals surface area contributed by atoms with Crippen molar-refractivity contribution < 1.29 is 9.47 Å². The van der Waals surface area contributed by atoms with Crippen LogP contribution in [0.2, 0.25) is 0 Å². The Labute approximate surface area is 120 Å². The van der Waals surface area contributed by atoms with Crippen LogP contribution in [0.25, 0.3) is 0 Å². The summed E-state index contributed by atoms with van der Waals surface area (Å²) in [4.78, 5) is 2.64. The van der Waals surface area contributed by atoms with Crippen molar-refractivity contribution in [2.45, 2.75) is 20.0 Å². The summed E-state index contributed by atoms with van der Waals surface area (Å²) in [7, 11) is 1.65. The highest BCUT2D eigenvalue weighted by atomic mass is 79.9. The van der Waals surface area contributed by atoms with E-state index in [9.17, 15) is 0 Å². The van der Waals surface area contributed by atoms with Crippen molar-refractivity contribution in [2.24, 2.45) is 0 Å². The van der Waals surface area contributed by atoms with Gasteiger partial charge in [-0.2, -0.15) is 0 Å². The summed E-state index contributed by atoms with van der Waals surface area (Å²) >= 11 is 5.28. The third-order valence-electron chi connectivity index (χ3n) is 2.57. The van der Waals surface area contributed by atoms with Crippen LogP contribution < -0.4 is 9.47 Å². The lowest BCUT2D eigenvalue weighted by molar-refractivity contribution is 0.307. The van der Waals surface area contributed by atoms with Gasteiger partial charge in [0.25, 0.3) is 0 Å². The number of hydrogen-bond donors (Lipinski definition) is 0. The first-order valence-electron chi connectivity index (χ1n) is 5.77.